The summed E-state index contributed by atoms with van der Waals surface area (Å²) in [7, 11) is 0. The van der Waals surface area contributed by atoms with Crippen LogP contribution in [0.2, 0.25) is 0 Å². The number of aryl methyl sites for hydroxylation is 1. The van der Waals surface area contributed by atoms with E-state index in [4.69, 9.17) is 0 Å². The fraction of sp³-hybridized carbons (Fsp3) is 0.154. The molecule has 0 radical (unpaired) electrons. The van der Waals surface area contributed by atoms with E-state index in [1.807, 2.05) is 31.2 Å². The van der Waals surface area contributed by atoms with Crippen LogP contribution in [0.3, 0.4) is 0 Å². The smallest absolute Gasteiger partial charge is 0.161 e. The molecule has 3 nitrogen and oxygen atoms in total. The maximum absolute atomic E-state index is 11.4. The molecule has 0 aliphatic rings. The van der Waals surface area contributed by atoms with Gasteiger partial charge in [0.15, 0.2) is 5.78 Å². The minimum atomic E-state index is 0.110. The standard InChI is InChI=1S/C13H12N2O/c1-8-10(9(2)16)7-13-14-11-5-3-4-6-12(11)15(8)13/h3-7,14H,1-2H3. The number of nitrogens with one attached hydrogen (secondary N) is 1. The minimum absolute atomic E-state index is 0.110. The van der Waals surface area contributed by atoms with Gasteiger partial charge >= 0.3 is 0 Å². The first-order valence-corrected chi connectivity index (χ1v) is 5.28. The zero-order valence-electron chi connectivity index (χ0n) is 9.24. The molecule has 80 valence electrons. The Morgan fingerprint density at radius 1 is 1.31 bits per heavy atom. The summed E-state index contributed by atoms with van der Waals surface area (Å²) in [6.07, 6.45) is 0. The quantitative estimate of drug-likeness (QED) is 0.619. The minimum Gasteiger partial charge on any atom is -0.340 e. The van der Waals surface area contributed by atoms with Crippen molar-refractivity contribution in [2.24, 2.45) is 0 Å². The van der Waals surface area contributed by atoms with Crippen LogP contribution in [-0.2, 0) is 0 Å². The number of H-pyrrole nitrogens is 1. The first kappa shape index (κ1) is 9.21. The molecular formula is C13H12N2O. The van der Waals surface area contributed by atoms with Gasteiger partial charge in [-0.15, -0.1) is 0 Å². The maximum atomic E-state index is 11.4. The van der Waals surface area contributed by atoms with Gasteiger partial charge in [0.25, 0.3) is 0 Å². The largest absolute Gasteiger partial charge is 0.340 e. The Morgan fingerprint density at radius 2 is 2.06 bits per heavy atom. The molecule has 0 amide bonds. The Kier molecular flexibility index (Phi) is 1.72. The van der Waals surface area contributed by atoms with E-state index < -0.39 is 0 Å². The van der Waals surface area contributed by atoms with E-state index in [-0.39, 0.29) is 5.78 Å². The predicted molar refractivity (Wildman–Crippen MR) is 64.0 cm³/mol. The number of benzene rings is 1. The summed E-state index contributed by atoms with van der Waals surface area (Å²) in [4.78, 5) is 14.7. The van der Waals surface area contributed by atoms with Gasteiger partial charge in [-0.25, -0.2) is 0 Å². The normalized spacial score (nSPS) is 11.4. The van der Waals surface area contributed by atoms with Crippen LogP contribution in [0, 0.1) is 6.92 Å². The van der Waals surface area contributed by atoms with E-state index in [2.05, 4.69) is 15.5 Å². The Morgan fingerprint density at radius 3 is 2.81 bits per heavy atom. The lowest BCUT2D eigenvalue weighted by atomic mass is 10.2. The topological polar surface area (TPSA) is 37.3 Å². The van der Waals surface area contributed by atoms with Crippen LogP contribution in [0.25, 0.3) is 16.7 Å². The molecule has 3 rings (SSSR count). The number of para-hydroxylation sites is 2. The van der Waals surface area contributed by atoms with Crippen LogP contribution in [-0.4, -0.2) is 15.2 Å². The number of aromatic amines is 1. The van der Waals surface area contributed by atoms with Gasteiger partial charge in [-0.1, -0.05) is 12.1 Å². The lowest BCUT2D eigenvalue weighted by Crippen LogP contribution is -1.94. The molecule has 2 heterocycles. The van der Waals surface area contributed by atoms with Gasteiger partial charge in [0.05, 0.1) is 11.0 Å². The average Bonchev–Trinajstić information content (AvgIpc) is 2.75. The number of carbonyl (C=O) groups excluding carboxylic acids is 1. The lowest BCUT2D eigenvalue weighted by Gasteiger charge is -1.96. The van der Waals surface area contributed by atoms with Crippen molar-refractivity contribution in [3.63, 3.8) is 0 Å². The molecule has 0 fully saturated rings. The third kappa shape index (κ3) is 1.05. The van der Waals surface area contributed by atoms with Gasteiger partial charge in [0, 0.05) is 11.3 Å². The van der Waals surface area contributed by atoms with Crippen molar-refractivity contribution in [3.8, 4) is 0 Å². The van der Waals surface area contributed by atoms with Crippen LogP contribution >= 0.6 is 0 Å². The fourth-order valence-electron chi connectivity index (χ4n) is 2.28. The second kappa shape index (κ2) is 2.98. The molecule has 0 unspecified atom stereocenters. The number of carbonyl (C=O) groups is 1. The number of rotatable bonds is 1. The van der Waals surface area contributed by atoms with Crippen molar-refractivity contribution in [2.45, 2.75) is 13.8 Å². The number of fused-ring (bicyclic) bond motifs is 3. The Hall–Kier alpha value is -2.03. The van der Waals surface area contributed by atoms with Crippen molar-refractivity contribution >= 4 is 22.5 Å². The summed E-state index contributed by atoms with van der Waals surface area (Å²) >= 11 is 0. The Balaban J connectivity index is 2.50. The molecule has 1 aromatic carbocycles. The number of ketones is 1. The van der Waals surface area contributed by atoms with E-state index >= 15 is 0 Å². The molecular weight excluding hydrogens is 200 g/mol. The van der Waals surface area contributed by atoms with Crippen LogP contribution in [0.4, 0.5) is 0 Å². The molecule has 3 heteroatoms. The second-order valence-corrected chi connectivity index (χ2v) is 4.06. The van der Waals surface area contributed by atoms with Crippen LogP contribution in [0.15, 0.2) is 30.3 Å². The van der Waals surface area contributed by atoms with Crippen molar-refractivity contribution in [3.05, 3.63) is 41.6 Å². The van der Waals surface area contributed by atoms with Crippen molar-refractivity contribution in [1.82, 2.24) is 9.38 Å². The molecule has 0 atom stereocenters. The second-order valence-electron chi connectivity index (χ2n) is 4.06. The molecule has 3 aromatic rings. The molecule has 0 saturated carbocycles. The highest BCUT2D eigenvalue weighted by Crippen LogP contribution is 2.22. The highest BCUT2D eigenvalue weighted by Gasteiger charge is 2.13. The zero-order chi connectivity index (χ0) is 11.3. The lowest BCUT2D eigenvalue weighted by molar-refractivity contribution is 0.101. The zero-order valence-corrected chi connectivity index (χ0v) is 9.24. The molecule has 2 aromatic heterocycles. The van der Waals surface area contributed by atoms with Crippen LogP contribution < -0.4 is 0 Å². The van der Waals surface area contributed by atoms with E-state index in [1.165, 1.54) is 0 Å². The van der Waals surface area contributed by atoms with Gasteiger partial charge in [-0.2, -0.15) is 0 Å². The van der Waals surface area contributed by atoms with Gasteiger partial charge < -0.3 is 4.98 Å². The van der Waals surface area contributed by atoms with Gasteiger partial charge in [0.1, 0.15) is 5.65 Å². The van der Waals surface area contributed by atoms with Crippen LogP contribution in [0.1, 0.15) is 23.0 Å². The number of aromatic nitrogens is 2. The molecule has 0 aliphatic heterocycles. The van der Waals surface area contributed by atoms with Crippen LogP contribution in [0.5, 0.6) is 0 Å². The number of hydrogen-bond acceptors (Lipinski definition) is 1. The Labute approximate surface area is 92.7 Å². The Bertz CT molecular complexity index is 703. The molecule has 1 N–H and O–H groups in total. The van der Waals surface area contributed by atoms with E-state index in [0.717, 1.165) is 27.9 Å². The third-order valence-electron chi connectivity index (χ3n) is 3.03. The van der Waals surface area contributed by atoms with Crippen molar-refractivity contribution in [1.29, 1.82) is 0 Å². The summed E-state index contributed by atoms with van der Waals surface area (Å²) in [6, 6.07) is 10.0. The molecule has 0 bridgehead atoms. The van der Waals surface area contributed by atoms with E-state index in [1.54, 1.807) is 6.92 Å². The predicted octanol–water partition coefficient (Wildman–Crippen LogP) is 2.93. The van der Waals surface area contributed by atoms with Gasteiger partial charge in [-0.3, -0.25) is 9.20 Å². The maximum Gasteiger partial charge on any atom is 0.161 e. The summed E-state index contributed by atoms with van der Waals surface area (Å²) in [6.45, 7) is 3.58. The number of nitrogens with zero attached hydrogens (tertiary/aromatic N) is 1. The number of imidazole rings is 1. The molecule has 0 spiro atoms. The summed E-state index contributed by atoms with van der Waals surface area (Å²) in [5.74, 6) is 0.110. The summed E-state index contributed by atoms with van der Waals surface area (Å²) < 4.78 is 2.09. The van der Waals surface area contributed by atoms with E-state index in [0.29, 0.717) is 0 Å². The SMILES string of the molecule is CC(=O)c1cc2[nH]c3ccccc3n2c1C. The first-order chi connectivity index (χ1) is 7.68. The monoisotopic (exact) mass is 212 g/mol. The van der Waals surface area contributed by atoms with E-state index in [9.17, 15) is 4.79 Å². The van der Waals surface area contributed by atoms with Crippen molar-refractivity contribution in [2.75, 3.05) is 0 Å². The van der Waals surface area contributed by atoms with Gasteiger partial charge in [0.2, 0.25) is 0 Å². The molecule has 0 saturated heterocycles. The number of hydrogen-bond donors (Lipinski definition) is 1. The van der Waals surface area contributed by atoms with Crippen molar-refractivity contribution < 1.29 is 4.79 Å². The highest BCUT2D eigenvalue weighted by molar-refractivity contribution is 5.98. The third-order valence-corrected chi connectivity index (χ3v) is 3.03. The van der Waals surface area contributed by atoms with Gasteiger partial charge in [-0.05, 0) is 32.0 Å². The fourth-order valence-corrected chi connectivity index (χ4v) is 2.28. The molecule has 0 aliphatic carbocycles. The highest BCUT2D eigenvalue weighted by atomic mass is 16.1. The average molecular weight is 212 g/mol. The first-order valence-electron chi connectivity index (χ1n) is 5.28. The summed E-state index contributed by atoms with van der Waals surface area (Å²) in [5, 5.41) is 0. The number of Topliss-reactive ketones (excluding diaryl/α,β-unsaturated/α-hetero) is 1. The summed E-state index contributed by atoms with van der Waals surface area (Å²) in [5.41, 5.74) is 4.97. The molecule has 16 heavy (non-hydrogen) atoms.